The van der Waals surface area contributed by atoms with E-state index in [0.29, 0.717) is 17.3 Å². The molecular weight excluding hydrogens is 278 g/mol. The zero-order chi connectivity index (χ0) is 11.3. The first-order valence-electron chi connectivity index (χ1n) is 4.54. The molecule has 1 unspecified atom stereocenters. The first-order valence-corrected chi connectivity index (χ1v) is 7.06. The molecule has 3 N–H and O–H groups in total. The van der Waals surface area contributed by atoms with E-state index in [1.54, 1.807) is 18.5 Å². The Balaban J connectivity index is 2.40. The maximum absolute atomic E-state index is 10.8. The second-order valence-electron chi connectivity index (χ2n) is 3.15. The number of rotatable bonds is 5. The van der Waals surface area contributed by atoms with Gasteiger partial charge >= 0.3 is 0 Å². The van der Waals surface area contributed by atoms with Gasteiger partial charge in [-0.15, -0.1) is 0 Å². The predicted octanol–water partition coefficient (Wildman–Crippen LogP) is 1.61. The van der Waals surface area contributed by atoms with Crippen molar-refractivity contribution >= 4 is 38.2 Å². The van der Waals surface area contributed by atoms with Gasteiger partial charge in [-0.25, -0.2) is 4.98 Å². The van der Waals surface area contributed by atoms with E-state index in [-0.39, 0.29) is 0 Å². The molecule has 0 saturated carbocycles. The van der Waals surface area contributed by atoms with Crippen molar-refractivity contribution in [3.63, 3.8) is 0 Å². The van der Waals surface area contributed by atoms with Gasteiger partial charge in [-0.05, 0) is 28.4 Å². The zero-order valence-corrected chi connectivity index (χ0v) is 10.9. The van der Waals surface area contributed by atoms with Crippen LogP contribution in [0.3, 0.4) is 0 Å². The molecule has 1 aromatic heterocycles. The van der Waals surface area contributed by atoms with Crippen LogP contribution in [0.2, 0.25) is 0 Å². The number of nitrogens with zero attached hydrogens (tertiary/aromatic N) is 1. The summed E-state index contributed by atoms with van der Waals surface area (Å²) in [5.41, 5.74) is 6.36. The highest BCUT2D eigenvalue weighted by Crippen LogP contribution is 2.19. The monoisotopic (exact) mass is 291 g/mol. The fourth-order valence-corrected chi connectivity index (χ4v) is 1.98. The van der Waals surface area contributed by atoms with E-state index >= 15 is 0 Å². The SMILES string of the molecule is CS(=O)CCCNc1ncc(Br)cc1N. The smallest absolute Gasteiger partial charge is 0.149 e. The molecule has 4 nitrogen and oxygen atoms in total. The number of nitrogens with two attached hydrogens (primary N) is 1. The van der Waals surface area contributed by atoms with Crippen molar-refractivity contribution in [2.45, 2.75) is 6.42 Å². The molecule has 0 amide bonds. The normalized spacial score (nSPS) is 12.4. The second kappa shape index (κ2) is 6.07. The largest absolute Gasteiger partial charge is 0.396 e. The number of pyridine rings is 1. The van der Waals surface area contributed by atoms with E-state index in [9.17, 15) is 4.21 Å². The third-order valence-corrected chi connectivity index (χ3v) is 3.08. The van der Waals surface area contributed by atoms with Crippen LogP contribution in [0.15, 0.2) is 16.7 Å². The van der Waals surface area contributed by atoms with Crippen LogP contribution in [0, 0.1) is 0 Å². The minimum atomic E-state index is -0.732. The van der Waals surface area contributed by atoms with Crippen LogP contribution in [0.1, 0.15) is 6.42 Å². The first kappa shape index (κ1) is 12.4. The molecule has 0 aromatic carbocycles. The lowest BCUT2D eigenvalue weighted by Crippen LogP contribution is -2.08. The Morgan fingerprint density at radius 1 is 1.67 bits per heavy atom. The lowest BCUT2D eigenvalue weighted by atomic mass is 10.4. The van der Waals surface area contributed by atoms with Gasteiger partial charge in [0.15, 0.2) is 0 Å². The molecule has 0 spiro atoms. The van der Waals surface area contributed by atoms with E-state index in [4.69, 9.17) is 5.73 Å². The molecule has 1 rings (SSSR count). The third kappa shape index (κ3) is 4.61. The molecule has 1 atom stereocenters. The quantitative estimate of drug-likeness (QED) is 0.809. The number of nitrogen functional groups attached to an aromatic ring is 1. The van der Waals surface area contributed by atoms with Crippen molar-refractivity contribution in [3.8, 4) is 0 Å². The molecule has 0 fully saturated rings. The van der Waals surface area contributed by atoms with Gasteiger partial charge in [0.2, 0.25) is 0 Å². The van der Waals surface area contributed by atoms with Crippen molar-refractivity contribution in [3.05, 3.63) is 16.7 Å². The van der Waals surface area contributed by atoms with Gasteiger partial charge in [0.25, 0.3) is 0 Å². The Hall–Kier alpha value is -0.620. The standard InChI is InChI=1S/C9H14BrN3OS/c1-15(14)4-2-3-12-9-8(11)5-7(10)6-13-9/h5-6H,2-4,11H2,1H3,(H,12,13). The molecule has 1 aromatic rings. The average molecular weight is 292 g/mol. The number of aromatic nitrogens is 1. The number of halogens is 1. The number of hydrogen-bond donors (Lipinski definition) is 2. The van der Waals surface area contributed by atoms with Crippen LogP contribution in [-0.2, 0) is 10.8 Å². The van der Waals surface area contributed by atoms with Gasteiger partial charge in [0.1, 0.15) is 5.82 Å². The summed E-state index contributed by atoms with van der Waals surface area (Å²) in [6, 6.07) is 1.80. The Morgan fingerprint density at radius 2 is 2.40 bits per heavy atom. The van der Waals surface area contributed by atoms with Crippen molar-refractivity contribution in [1.29, 1.82) is 0 Å². The molecule has 6 heteroatoms. The fourth-order valence-electron chi connectivity index (χ4n) is 1.08. The van der Waals surface area contributed by atoms with Crippen LogP contribution in [0.5, 0.6) is 0 Å². The van der Waals surface area contributed by atoms with Crippen molar-refractivity contribution in [2.24, 2.45) is 0 Å². The summed E-state index contributed by atoms with van der Waals surface area (Å²) in [7, 11) is -0.732. The lowest BCUT2D eigenvalue weighted by molar-refractivity contribution is 0.685. The van der Waals surface area contributed by atoms with Crippen molar-refractivity contribution in [1.82, 2.24) is 4.98 Å². The number of hydrogen-bond acceptors (Lipinski definition) is 4. The van der Waals surface area contributed by atoms with Gasteiger partial charge < -0.3 is 11.1 Å². The van der Waals surface area contributed by atoms with Crippen molar-refractivity contribution in [2.75, 3.05) is 29.6 Å². The van der Waals surface area contributed by atoms with E-state index < -0.39 is 10.8 Å². The molecule has 0 bridgehead atoms. The van der Waals surface area contributed by atoms with Gasteiger partial charge in [-0.1, -0.05) is 0 Å². The summed E-state index contributed by atoms with van der Waals surface area (Å²) >= 11 is 3.29. The Kier molecular flexibility index (Phi) is 5.04. The highest BCUT2D eigenvalue weighted by atomic mass is 79.9. The maximum atomic E-state index is 10.8. The summed E-state index contributed by atoms with van der Waals surface area (Å²) < 4.78 is 11.7. The molecule has 84 valence electrons. The third-order valence-electron chi connectivity index (χ3n) is 1.78. The Bertz CT molecular complexity index is 359. The lowest BCUT2D eigenvalue weighted by Gasteiger charge is -2.07. The molecule has 1 heterocycles. The van der Waals surface area contributed by atoms with Crippen LogP contribution in [0.4, 0.5) is 11.5 Å². The topological polar surface area (TPSA) is 68.0 Å². The molecular formula is C9H14BrN3OS. The van der Waals surface area contributed by atoms with E-state index in [2.05, 4.69) is 26.2 Å². The van der Waals surface area contributed by atoms with Crippen molar-refractivity contribution < 1.29 is 4.21 Å². The fraction of sp³-hybridized carbons (Fsp3) is 0.444. The van der Waals surface area contributed by atoms with Crippen LogP contribution >= 0.6 is 15.9 Å². The summed E-state index contributed by atoms with van der Waals surface area (Å²) in [6.45, 7) is 0.735. The Morgan fingerprint density at radius 3 is 3.00 bits per heavy atom. The molecule has 0 aliphatic carbocycles. The highest BCUT2D eigenvalue weighted by molar-refractivity contribution is 9.10. The first-order chi connectivity index (χ1) is 7.09. The molecule has 0 aliphatic heterocycles. The number of anilines is 2. The van der Waals surface area contributed by atoms with Gasteiger partial charge in [0.05, 0.1) is 5.69 Å². The molecule has 0 radical (unpaired) electrons. The van der Waals surface area contributed by atoms with Gasteiger partial charge in [0, 0.05) is 40.0 Å². The summed E-state index contributed by atoms with van der Waals surface area (Å²) in [6.07, 6.45) is 4.24. The molecule has 15 heavy (non-hydrogen) atoms. The van der Waals surface area contributed by atoms with E-state index in [1.807, 2.05) is 0 Å². The second-order valence-corrected chi connectivity index (χ2v) is 5.62. The summed E-state index contributed by atoms with van der Waals surface area (Å²) in [5, 5.41) is 3.10. The predicted molar refractivity (Wildman–Crippen MR) is 68.4 cm³/mol. The van der Waals surface area contributed by atoms with Gasteiger partial charge in [-0.3, -0.25) is 4.21 Å². The number of nitrogens with one attached hydrogen (secondary N) is 1. The van der Waals surface area contributed by atoms with E-state index in [0.717, 1.165) is 17.4 Å². The highest BCUT2D eigenvalue weighted by Gasteiger charge is 2.00. The zero-order valence-electron chi connectivity index (χ0n) is 8.50. The summed E-state index contributed by atoms with van der Waals surface area (Å²) in [5.74, 6) is 1.38. The van der Waals surface area contributed by atoms with Crippen LogP contribution < -0.4 is 11.1 Å². The minimum absolute atomic E-state index is 0.613. The maximum Gasteiger partial charge on any atom is 0.149 e. The van der Waals surface area contributed by atoms with E-state index in [1.165, 1.54) is 0 Å². The molecule has 0 saturated heterocycles. The van der Waals surface area contributed by atoms with Crippen LogP contribution in [-0.4, -0.2) is 27.7 Å². The van der Waals surface area contributed by atoms with Gasteiger partial charge in [-0.2, -0.15) is 0 Å². The minimum Gasteiger partial charge on any atom is -0.396 e. The summed E-state index contributed by atoms with van der Waals surface area (Å²) in [4.78, 5) is 4.14. The Labute approximate surface area is 100 Å². The molecule has 0 aliphatic rings. The van der Waals surface area contributed by atoms with Crippen LogP contribution in [0.25, 0.3) is 0 Å². The average Bonchev–Trinajstić information content (AvgIpc) is 2.14.